The summed E-state index contributed by atoms with van der Waals surface area (Å²) in [6.07, 6.45) is 0.567. The van der Waals surface area contributed by atoms with Crippen molar-refractivity contribution in [1.29, 1.82) is 0 Å². The summed E-state index contributed by atoms with van der Waals surface area (Å²) in [5, 5.41) is 9.27. The van der Waals surface area contributed by atoms with Crippen LogP contribution in [0.2, 0.25) is 0 Å². The van der Waals surface area contributed by atoms with Crippen LogP contribution in [0, 0.1) is 5.92 Å². The minimum Gasteiger partial charge on any atom is -0.479 e. The van der Waals surface area contributed by atoms with Crippen LogP contribution in [0.4, 0.5) is 0 Å². The van der Waals surface area contributed by atoms with Crippen LogP contribution >= 0.6 is 11.3 Å². The molecule has 1 saturated heterocycles. The molecule has 1 aliphatic rings. The van der Waals surface area contributed by atoms with Crippen molar-refractivity contribution in [3.63, 3.8) is 0 Å². The van der Waals surface area contributed by atoms with E-state index in [1.807, 2.05) is 13.8 Å². The molecule has 2 heterocycles. The van der Waals surface area contributed by atoms with Gasteiger partial charge in [0.1, 0.15) is 12.6 Å². The fraction of sp³-hybridized carbons (Fsp3) is 0.583. The van der Waals surface area contributed by atoms with E-state index in [1.54, 1.807) is 16.6 Å². The molecule has 1 aliphatic heterocycles. The normalized spacial score (nSPS) is 23.9. The summed E-state index contributed by atoms with van der Waals surface area (Å²) >= 11 is 1.34. The van der Waals surface area contributed by atoms with Crippen LogP contribution in [0.25, 0.3) is 0 Å². The highest BCUT2D eigenvalue weighted by atomic mass is 32.1. The molecule has 2 rings (SSSR count). The number of carbonyl (C=O) groups excluding carboxylic acids is 1. The maximum absolute atomic E-state index is 12.0. The molecule has 6 nitrogen and oxygen atoms in total. The standard InChI is InChI=1S/C12H16N2O4S/c1-7(2)4-14-9(15)5-18-11(12(16)17)10(14)8-3-13-6-19-8/h3,6-7,10-11H,4-5H2,1-2H3,(H,16,17). The Morgan fingerprint density at radius 1 is 1.68 bits per heavy atom. The van der Waals surface area contributed by atoms with Gasteiger partial charge in [0.15, 0.2) is 6.10 Å². The number of carboxylic acids is 1. The van der Waals surface area contributed by atoms with Crippen LogP contribution in [0.1, 0.15) is 24.8 Å². The number of ether oxygens (including phenoxy) is 1. The number of aliphatic carboxylic acids is 1. The molecule has 7 heteroatoms. The van der Waals surface area contributed by atoms with Crippen molar-refractivity contribution in [1.82, 2.24) is 9.88 Å². The zero-order valence-electron chi connectivity index (χ0n) is 10.8. The molecule has 0 aromatic carbocycles. The average Bonchev–Trinajstić information content (AvgIpc) is 2.84. The van der Waals surface area contributed by atoms with E-state index in [-0.39, 0.29) is 18.4 Å². The lowest BCUT2D eigenvalue weighted by Gasteiger charge is -2.39. The van der Waals surface area contributed by atoms with E-state index >= 15 is 0 Å². The molecule has 2 unspecified atom stereocenters. The number of amides is 1. The molecule has 1 fully saturated rings. The number of rotatable bonds is 4. The van der Waals surface area contributed by atoms with Crippen molar-refractivity contribution >= 4 is 23.2 Å². The van der Waals surface area contributed by atoms with Crippen LogP contribution in [-0.4, -0.2) is 46.1 Å². The van der Waals surface area contributed by atoms with E-state index in [1.165, 1.54) is 11.3 Å². The molecule has 0 spiro atoms. The number of thiazole rings is 1. The van der Waals surface area contributed by atoms with Gasteiger partial charge in [-0.1, -0.05) is 13.8 Å². The Morgan fingerprint density at radius 2 is 2.42 bits per heavy atom. The predicted octanol–water partition coefficient (Wildman–Crippen LogP) is 1.15. The van der Waals surface area contributed by atoms with Crippen LogP contribution in [0.15, 0.2) is 11.7 Å². The van der Waals surface area contributed by atoms with Crippen molar-refractivity contribution in [2.45, 2.75) is 26.0 Å². The molecule has 19 heavy (non-hydrogen) atoms. The summed E-state index contributed by atoms with van der Waals surface area (Å²) in [6, 6.07) is -0.589. The number of hydrogen-bond acceptors (Lipinski definition) is 5. The second-order valence-corrected chi connectivity index (χ2v) is 5.78. The summed E-state index contributed by atoms with van der Waals surface area (Å²) < 4.78 is 5.19. The molecule has 1 amide bonds. The first-order valence-corrected chi connectivity index (χ1v) is 6.91. The monoisotopic (exact) mass is 284 g/mol. The fourth-order valence-electron chi connectivity index (χ4n) is 2.14. The SMILES string of the molecule is CC(C)CN1C(=O)COC(C(=O)O)C1c1cncs1. The number of aromatic nitrogens is 1. The Labute approximate surface area is 115 Å². The summed E-state index contributed by atoms with van der Waals surface area (Å²) in [5.74, 6) is -0.976. The number of carbonyl (C=O) groups is 2. The Hall–Kier alpha value is -1.47. The number of hydrogen-bond donors (Lipinski definition) is 1. The molecular formula is C12H16N2O4S. The van der Waals surface area contributed by atoms with Gasteiger partial charge in [-0.25, -0.2) is 4.79 Å². The minimum atomic E-state index is -1.06. The number of morpholine rings is 1. The van der Waals surface area contributed by atoms with Gasteiger partial charge in [0.2, 0.25) is 5.91 Å². The lowest BCUT2D eigenvalue weighted by atomic mass is 10.0. The maximum Gasteiger partial charge on any atom is 0.335 e. The van der Waals surface area contributed by atoms with Gasteiger partial charge in [-0.15, -0.1) is 11.3 Å². The smallest absolute Gasteiger partial charge is 0.335 e. The van der Waals surface area contributed by atoms with Crippen LogP contribution < -0.4 is 0 Å². The molecule has 2 atom stereocenters. The van der Waals surface area contributed by atoms with Gasteiger partial charge in [-0.05, 0) is 5.92 Å². The first-order valence-electron chi connectivity index (χ1n) is 6.03. The van der Waals surface area contributed by atoms with E-state index in [2.05, 4.69) is 4.98 Å². The van der Waals surface area contributed by atoms with Gasteiger partial charge in [-0.3, -0.25) is 9.78 Å². The highest BCUT2D eigenvalue weighted by Gasteiger charge is 2.42. The lowest BCUT2D eigenvalue weighted by molar-refractivity contribution is -0.173. The van der Waals surface area contributed by atoms with Crippen molar-refractivity contribution in [3.8, 4) is 0 Å². The quantitative estimate of drug-likeness (QED) is 0.897. The molecule has 104 valence electrons. The molecule has 1 aromatic heterocycles. The third kappa shape index (κ3) is 2.93. The summed E-state index contributed by atoms with van der Waals surface area (Å²) in [4.78, 5) is 29.6. The zero-order valence-corrected chi connectivity index (χ0v) is 11.6. The van der Waals surface area contributed by atoms with Crippen LogP contribution in [0.3, 0.4) is 0 Å². The minimum absolute atomic E-state index is 0.176. The Morgan fingerprint density at radius 3 is 2.95 bits per heavy atom. The Kier molecular flexibility index (Phi) is 4.16. The first-order chi connectivity index (χ1) is 9.00. The summed E-state index contributed by atoms with van der Waals surface area (Å²) in [7, 11) is 0. The zero-order chi connectivity index (χ0) is 14.0. The van der Waals surface area contributed by atoms with Crippen molar-refractivity contribution in [2.75, 3.05) is 13.2 Å². The first kappa shape index (κ1) is 14.0. The van der Waals surface area contributed by atoms with Gasteiger partial charge in [0, 0.05) is 12.7 Å². The van der Waals surface area contributed by atoms with E-state index < -0.39 is 18.1 Å². The molecule has 0 radical (unpaired) electrons. The predicted molar refractivity (Wildman–Crippen MR) is 68.8 cm³/mol. The van der Waals surface area contributed by atoms with Crippen LogP contribution in [0.5, 0.6) is 0 Å². The van der Waals surface area contributed by atoms with Gasteiger partial charge < -0.3 is 14.7 Å². The second kappa shape index (κ2) is 5.66. The molecule has 1 N–H and O–H groups in total. The van der Waals surface area contributed by atoms with Gasteiger partial charge in [-0.2, -0.15) is 0 Å². The topological polar surface area (TPSA) is 79.7 Å². The fourth-order valence-corrected chi connectivity index (χ4v) is 2.90. The van der Waals surface area contributed by atoms with E-state index in [9.17, 15) is 14.7 Å². The maximum atomic E-state index is 12.0. The molecule has 1 aromatic rings. The highest BCUT2D eigenvalue weighted by Crippen LogP contribution is 2.33. The highest BCUT2D eigenvalue weighted by molar-refractivity contribution is 7.09. The summed E-state index contributed by atoms with van der Waals surface area (Å²) in [5.41, 5.74) is 1.63. The van der Waals surface area contributed by atoms with Crippen molar-refractivity contribution in [3.05, 3.63) is 16.6 Å². The van der Waals surface area contributed by atoms with Gasteiger partial charge in [0.25, 0.3) is 0 Å². The molecular weight excluding hydrogens is 268 g/mol. The lowest BCUT2D eigenvalue weighted by Crippen LogP contribution is -2.52. The Balaban J connectivity index is 2.35. The van der Waals surface area contributed by atoms with Gasteiger partial charge >= 0.3 is 5.97 Å². The molecule has 0 saturated carbocycles. The van der Waals surface area contributed by atoms with E-state index in [0.717, 1.165) is 4.88 Å². The average molecular weight is 284 g/mol. The number of carboxylic acid groups (broad SMARTS) is 1. The van der Waals surface area contributed by atoms with E-state index in [0.29, 0.717) is 6.54 Å². The molecule has 0 bridgehead atoms. The van der Waals surface area contributed by atoms with E-state index in [4.69, 9.17) is 4.74 Å². The van der Waals surface area contributed by atoms with Crippen molar-refractivity contribution in [2.24, 2.45) is 5.92 Å². The van der Waals surface area contributed by atoms with Gasteiger partial charge in [0.05, 0.1) is 10.4 Å². The second-order valence-electron chi connectivity index (χ2n) is 4.86. The number of nitrogens with zero attached hydrogens (tertiary/aromatic N) is 2. The third-order valence-electron chi connectivity index (χ3n) is 2.88. The van der Waals surface area contributed by atoms with Crippen molar-refractivity contribution < 1.29 is 19.4 Å². The van der Waals surface area contributed by atoms with Crippen LogP contribution in [-0.2, 0) is 14.3 Å². The summed E-state index contributed by atoms with van der Waals surface area (Å²) in [6.45, 7) is 4.30. The largest absolute Gasteiger partial charge is 0.479 e. The third-order valence-corrected chi connectivity index (χ3v) is 3.72. The Bertz CT molecular complexity index is 460. The molecule has 0 aliphatic carbocycles.